The minimum atomic E-state index is -4.32. The number of aryl methyl sites for hydroxylation is 1. The fourth-order valence-corrected chi connectivity index (χ4v) is 6.07. The van der Waals surface area contributed by atoms with Gasteiger partial charge in [-0.3, -0.25) is 4.52 Å². The van der Waals surface area contributed by atoms with E-state index in [1.54, 1.807) is 26.0 Å². The van der Waals surface area contributed by atoms with Crippen molar-refractivity contribution in [2.24, 2.45) is 0 Å². The summed E-state index contributed by atoms with van der Waals surface area (Å²) in [5, 5.41) is 0. The van der Waals surface area contributed by atoms with Gasteiger partial charge < -0.3 is 4.89 Å². The Kier molecular flexibility index (Phi) is 3.62. The van der Waals surface area contributed by atoms with Crippen LogP contribution in [0, 0.1) is 6.92 Å². The van der Waals surface area contributed by atoms with Crippen molar-refractivity contribution in [1.82, 2.24) is 4.08 Å². The Balaban J connectivity index is 2.50. The highest BCUT2D eigenvalue weighted by Gasteiger charge is 2.52. The largest absolute Gasteiger partial charge is 0.420 e. The number of rotatable bonds is 2. The molecule has 1 aromatic carbocycles. The normalized spacial score (nSPS) is 32.6. The lowest BCUT2D eigenvalue weighted by molar-refractivity contribution is 0.211. The van der Waals surface area contributed by atoms with Crippen LogP contribution in [0.15, 0.2) is 29.2 Å². The minimum Gasteiger partial charge on any atom is -0.312 e. The second-order valence-corrected chi connectivity index (χ2v) is 8.34. The Hall–Kier alpha value is -0.720. The van der Waals surface area contributed by atoms with E-state index in [4.69, 9.17) is 4.52 Å². The molecule has 1 saturated heterocycles. The molecule has 0 amide bonds. The third kappa shape index (κ3) is 2.49. The fraction of sp³-hybridized carbons (Fsp3) is 0.455. The summed E-state index contributed by atoms with van der Waals surface area (Å²) in [5.74, 6) is 0. The van der Waals surface area contributed by atoms with E-state index in [1.807, 2.05) is 6.92 Å². The van der Waals surface area contributed by atoms with Gasteiger partial charge in [0.1, 0.15) is 0 Å². The summed E-state index contributed by atoms with van der Waals surface area (Å²) in [6, 6.07) is 5.42. The van der Waals surface area contributed by atoms with Crippen molar-refractivity contribution in [3.8, 4) is 0 Å². The maximum absolute atomic E-state index is 12.4. The summed E-state index contributed by atoms with van der Waals surface area (Å²) < 4.78 is 42.2. The van der Waals surface area contributed by atoms with Gasteiger partial charge >= 0.3 is 7.75 Å². The lowest BCUT2D eigenvalue weighted by Gasteiger charge is -2.21. The first-order chi connectivity index (χ1) is 8.66. The summed E-state index contributed by atoms with van der Waals surface area (Å²) in [6.45, 7) is 4.95. The first-order valence-electron chi connectivity index (χ1n) is 5.79. The molecule has 3 unspecified atom stereocenters. The average molecular weight is 305 g/mol. The van der Waals surface area contributed by atoms with E-state index in [9.17, 15) is 17.9 Å². The van der Waals surface area contributed by atoms with Gasteiger partial charge in [-0.15, -0.1) is 0 Å². The molecule has 3 atom stereocenters. The Morgan fingerprint density at radius 2 is 1.79 bits per heavy atom. The van der Waals surface area contributed by atoms with Gasteiger partial charge in [0.15, 0.2) is 0 Å². The zero-order valence-corrected chi connectivity index (χ0v) is 12.6. The van der Waals surface area contributed by atoms with Gasteiger partial charge in [-0.25, -0.2) is 13.0 Å². The Morgan fingerprint density at radius 3 is 2.21 bits per heavy atom. The number of hydrogen-bond donors (Lipinski definition) is 1. The average Bonchev–Trinajstić information content (AvgIpc) is 2.48. The van der Waals surface area contributed by atoms with Crippen LogP contribution in [0.25, 0.3) is 0 Å². The molecule has 0 saturated carbocycles. The number of nitrogens with zero attached hydrogens (tertiary/aromatic N) is 1. The number of sulfonamides is 1. The molecule has 1 aliphatic rings. The highest BCUT2D eigenvalue weighted by molar-refractivity contribution is 7.94. The summed E-state index contributed by atoms with van der Waals surface area (Å²) in [5.41, 5.74) is 0.908. The van der Waals surface area contributed by atoms with E-state index >= 15 is 0 Å². The van der Waals surface area contributed by atoms with E-state index in [-0.39, 0.29) is 4.90 Å². The van der Waals surface area contributed by atoms with E-state index in [0.29, 0.717) is 4.08 Å². The molecule has 0 radical (unpaired) electrons. The molecule has 1 fully saturated rings. The highest BCUT2D eigenvalue weighted by atomic mass is 32.2. The Morgan fingerprint density at radius 1 is 1.26 bits per heavy atom. The van der Waals surface area contributed by atoms with Crippen LogP contribution < -0.4 is 0 Å². The van der Waals surface area contributed by atoms with E-state index in [0.717, 1.165) is 5.56 Å². The molecular weight excluding hydrogens is 289 g/mol. The fourth-order valence-electron chi connectivity index (χ4n) is 1.93. The molecule has 6 nitrogen and oxygen atoms in total. The molecule has 0 aromatic heterocycles. The van der Waals surface area contributed by atoms with Crippen molar-refractivity contribution in [1.29, 1.82) is 0 Å². The minimum absolute atomic E-state index is 0.0167. The van der Waals surface area contributed by atoms with Crippen molar-refractivity contribution in [3.63, 3.8) is 0 Å². The van der Waals surface area contributed by atoms with Crippen LogP contribution in [0.5, 0.6) is 0 Å². The molecule has 0 bridgehead atoms. The maximum Gasteiger partial charge on any atom is 0.420 e. The topological polar surface area (TPSA) is 83.9 Å². The van der Waals surface area contributed by atoms with Crippen molar-refractivity contribution in [2.45, 2.75) is 37.8 Å². The predicted octanol–water partition coefficient (Wildman–Crippen LogP) is 1.89. The lowest BCUT2D eigenvalue weighted by Crippen LogP contribution is -2.34. The third-order valence-corrected chi connectivity index (χ3v) is 7.57. The SMILES string of the molecule is Cc1ccc(S(=O)(=O)N2C(C)C(C)OP2(=O)O)cc1. The van der Waals surface area contributed by atoms with Gasteiger partial charge in [0.25, 0.3) is 10.0 Å². The van der Waals surface area contributed by atoms with E-state index < -0.39 is 29.9 Å². The van der Waals surface area contributed by atoms with Crippen LogP contribution in [0.2, 0.25) is 0 Å². The monoisotopic (exact) mass is 305 g/mol. The second-order valence-electron chi connectivity index (χ2n) is 4.63. The first-order valence-corrected chi connectivity index (χ1v) is 8.76. The van der Waals surface area contributed by atoms with Crippen LogP contribution in [0.3, 0.4) is 0 Å². The van der Waals surface area contributed by atoms with Crippen molar-refractivity contribution in [3.05, 3.63) is 29.8 Å². The van der Waals surface area contributed by atoms with Gasteiger partial charge in [-0.05, 0) is 32.9 Å². The zero-order chi connectivity index (χ0) is 14.4. The van der Waals surface area contributed by atoms with Gasteiger partial charge in [-0.1, -0.05) is 21.8 Å². The van der Waals surface area contributed by atoms with Crippen LogP contribution in [-0.4, -0.2) is 29.5 Å². The zero-order valence-electron chi connectivity index (χ0n) is 10.8. The molecule has 1 heterocycles. The molecule has 8 heteroatoms. The molecule has 0 aliphatic carbocycles. The Bertz CT molecular complexity index is 627. The first kappa shape index (κ1) is 14.7. The molecule has 1 aliphatic heterocycles. The second kappa shape index (κ2) is 4.68. The Labute approximate surface area is 112 Å². The smallest absolute Gasteiger partial charge is 0.312 e. The van der Waals surface area contributed by atoms with Crippen LogP contribution in [-0.2, 0) is 19.1 Å². The molecule has 2 rings (SSSR count). The van der Waals surface area contributed by atoms with Crippen LogP contribution >= 0.6 is 7.75 Å². The van der Waals surface area contributed by atoms with Gasteiger partial charge in [0, 0.05) is 0 Å². The molecule has 19 heavy (non-hydrogen) atoms. The summed E-state index contributed by atoms with van der Waals surface area (Å²) in [4.78, 5) is 9.71. The molecule has 1 aromatic rings. The molecule has 0 spiro atoms. The number of benzene rings is 1. The van der Waals surface area contributed by atoms with Gasteiger partial charge in [0.2, 0.25) is 0 Å². The lowest BCUT2D eigenvalue weighted by atomic mass is 10.2. The molecular formula is C11H16NO5PS. The van der Waals surface area contributed by atoms with E-state index in [1.165, 1.54) is 12.1 Å². The van der Waals surface area contributed by atoms with Gasteiger partial charge in [-0.2, -0.15) is 0 Å². The van der Waals surface area contributed by atoms with Gasteiger partial charge in [0.05, 0.1) is 17.0 Å². The molecule has 1 N–H and O–H groups in total. The highest BCUT2D eigenvalue weighted by Crippen LogP contribution is 2.58. The van der Waals surface area contributed by atoms with E-state index in [2.05, 4.69) is 0 Å². The van der Waals surface area contributed by atoms with Crippen molar-refractivity contribution in [2.75, 3.05) is 0 Å². The number of hydrogen-bond acceptors (Lipinski definition) is 4. The maximum atomic E-state index is 12.4. The standard InChI is InChI=1S/C11H16NO5PS/c1-8-4-6-11(7-5-8)19(15,16)12-9(2)10(3)17-18(12,13)14/h4-7,9-10H,1-3H3,(H,13,14). The van der Waals surface area contributed by atoms with Crippen molar-refractivity contribution >= 4 is 17.8 Å². The summed E-state index contributed by atoms with van der Waals surface area (Å²) in [7, 11) is -8.37. The van der Waals surface area contributed by atoms with Crippen LogP contribution in [0.1, 0.15) is 19.4 Å². The quantitative estimate of drug-likeness (QED) is 0.844. The van der Waals surface area contributed by atoms with Crippen molar-refractivity contribution < 1.29 is 22.4 Å². The summed E-state index contributed by atoms with van der Waals surface area (Å²) in [6.07, 6.45) is -0.629. The summed E-state index contributed by atoms with van der Waals surface area (Å²) >= 11 is 0. The van der Waals surface area contributed by atoms with Crippen LogP contribution in [0.4, 0.5) is 0 Å². The third-order valence-electron chi connectivity index (χ3n) is 3.15. The molecule has 106 valence electrons. The predicted molar refractivity (Wildman–Crippen MR) is 70.0 cm³/mol.